The standard InChI is InChI=1S/C20H10N4O2/c1-2-13-14-3-4-16(24-20(14)26-18(13)22-6-1)11-8-15-12-5-7-21-10-17(12)25-19(15)23-9-11/h1-10H. The molecule has 0 amide bonds. The van der Waals surface area contributed by atoms with E-state index in [9.17, 15) is 0 Å². The number of furan rings is 2. The van der Waals surface area contributed by atoms with E-state index < -0.39 is 0 Å². The van der Waals surface area contributed by atoms with Crippen molar-refractivity contribution in [2.24, 2.45) is 0 Å². The third kappa shape index (κ3) is 1.81. The second-order valence-corrected chi connectivity index (χ2v) is 6.06. The van der Waals surface area contributed by atoms with E-state index in [-0.39, 0.29) is 0 Å². The Bertz CT molecular complexity index is 1450. The second-order valence-electron chi connectivity index (χ2n) is 6.06. The van der Waals surface area contributed by atoms with Crippen molar-refractivity contribution < 1.29 is 8.83 Å². The molecule has 0 aromatic carbocycles. The molecule has 0 saturated carbocycles. The van der Waals surface area contributed by atoms with E-state index in [2.05, 4.69) is 19.9 Å². The molecule has 0 fully saturated rings. The zero-order chi connectivity index (χ0) is 17.1. The van der Waals surface area contributed by atoms with Crippen molar-refractivity contribution in [2.75, 3.05) is 0 Å². The molecule has 6 aromatic heterocycles. The lowest BCUT2D eigenvalue weighted by Crippen LogP contribution is -1.85. The van der Waals surface area contributed by atoms with Crippen LogP contribution < -0.4 is 0 Å². The first-order chi connectivity index (χ1) is 12.9. The van der Waals surface area contributed by atoms with E-state index in [0.717, 1.165) is 38.4 Å². The Balaban J connectivity index is 1.59. The molecule has 6 rings (SSSR count). The third-order valence-corrected chi connectivity index (χ3v) is 4.54. The first-order valence-electron chi connectivity index (χ1n) is 8.14. The molecular formula is C20H10N4O2. The van der Waals surface area contributed by atoms with Crippen molar-refractivity contribution in [3.05, 3.63) is 61.2 Å². The molecule has 6 heterocycles. The number of nitrogens with zero attached hydrogens (tertiary/aromatic N) is 4. The van der Waals surface area contributed by atoms with Crippen LogP contribution in [0.1, 0.15) is 0 Å². The number of hydrogen-bond acceptors (Lipinski definition) is 6. The highest BCUT2D eigenvalue weighted by Gasteiger charge is 2.13. The molecule has 0 N–H and O–H groups in total. The zero-order valence-corrected chi connectivity index (χ0v) is 13.4. The quantitative estimate of drug-likeness (QED) is 0.431. The summed E-state index contributed by atoms with van der Waals surface area (Å²) in [5.74, 6) is 0. The van der Waals surface area contributed by atoms with Crippen LogP contribution in [0.4, 0.5) is 0 Å². The van der Waals surface area contributed by atoms with Gasteiger partial charge < -0.3 is 8.83 Å². The predicted octanol–water partition coefficient (Wildman–Crippen LogP) is 4.73. The van der Waals surface area contributed by atoms with Gasteiger partial charge in [0, 0.05) is 45.7 Å². The van der Waals surface area contributed by atoms with Crippen LogP contribution >= 0.6 is 0 Å². The van der Waals surface area contributed by atoms with Gasteiger partial charge in [-0.1, -0.05) is 0 Å². The molecule has 6 aromatic rings. The Kier molecular flexibility index (Phi) is 2.52. The van der Waals surface area contributed by atoms with Crippen LogP contribution in [0.15, 0.2) is 70.0 Å². The molecule has 26 heavy (non-hydrogen) atoms. The van der Waals surface area contributed by atoms with Crippen LogP contribution in [0.5, 0.6) is 0 Å². The molecule has 0 radical (unpaired) electrons. The molecule has 0 saturated heterocycles. The van der Waals surface area contributed by atoms with E-state index in [1.807, 2.05) is 36.4 Å². The molecule has 6 heteroatoms. The molecule has 0 atom stereocenters. The van der Waals surface area contributed by atoms with Gasteiger partial charge in [0.05, 0.1) is 11.9 Å². The average molecular weight is 338 g/mol. The Labute approximate surface area is 146 Å². The fraction of sp³-hybridized carbons (Fsp3) is 0. The maximum atomic E-state index is 5.79. The summed E-state index contributed by atoms with van der Waals surface area (Å²) in [6.07, 6.45) is 6.91. The van der Waals surface area contributed by atoms with Crippen LogP contribution in [-0.2, 0) is 0 Å². The van der Waals surface area contributed by atoms with Gasteiger partial charge in [0.25, 0.3) is 0 Å². The summed E-state index contributed by atoms with van der Waals surface area (Å²) in [4.78, 5) is 17.4. The lowest BCUT2D eigenvalue weighted by Gasteiger charge is -2.00. The van der Waals surface area contributed by atoms with Crippen molar-refractivity contribution >= 4 is 44.3 Å². The fourth-order valence-electron chi connectivity index (χ4n) is 3.31. The summed E-state index contributed by atoms with van der Waals surface area (Å²) in [6, 6.07) is 11.8. The van der Waals surface area contributed by atoms with Crippen LogP contribution in [0, 0.1) is 0 Å². The highest BCUT2D eigenvalue weighted by atomic mass is 16.3. The Morgan fingerprint density at radius 1 is 0.692 bits per heavy atom. The minimum absolute atomic E-state index is 0.567. The molecule has 0 aliphatic carbocycles. The second kappa shape index (κ2) is 4.86. The van der Waals surface area contributed by atoms with Gasteiger partial charge in [-0.3, -0.25) is 4.98 Å². The molecule has 122 valence electrons. The van der Waals surface area contributed by atoms with Gasteiger partial charge in [-0.2, -0.15) is 0 Å². The normalized spacial score (nSPS) is 11.8. The summed E-state index contributed by atoms with van der Waals surface area (Å²) in [6.45, 7) is 0. The summed E-state index contributed by atoms with van der Waals surface area (Å²) < 4.78 is 11.5. The number of aromatic nitrogens is 4. The van der Waals surface area contributed by atoms with Crippen LogP contribution in [-0.4, -0.2) is 19.9 Å². The summed E-state index contributed by atoms with van der Waals surface area (Å²) in [7, 11) is 0. The van der Waals surface area contributed by atoms with E-state index in [4.69, 9.17) is 8.83 Å². The van der Waals surface area contributed by atoms with Crippen LogP contribution in [0.2, 0.25) is 0 Å². The Morgan fingerprint density at radius 2 is 1.62 bits per heavy atom. The predicted molar refractivity (Wildman–Crippen MR) is 97.6 cm³/mol. The van der Waals surface area contributed by atoms with Gasteiger partial charge in [-0.25, -0.2) is 15.0 Å². The van der Waals surface area contributed by atoms with Crippen molar-refractivity contribution in [1.82, 2.24) is 19.9 Å². The van der Waals surface area contributed by atoms with Gasteiger partial charge in [0.1, 0.15) is 0 Å². The number of pyridine rings is 4. The molecule has 0 spiro atoms. The highest BCUT2D eigenvalue weighted by molar-refractivity contribution is 6.05. The van der Waals surface area contributed by atoms with E-state index in [1.54, 1.807) is 24.8 Å². The number of hydrogen-bond donors (Lipinski definition) is 0. The zero-order valence-electron chi connectivity index (χ0n) is 13.4. The van der Waals surface area contributed by atoms with Gasteiger partial charge in [0.2, 0.25) is 17.1 Å². The summed E-state index contributed by atoms with van der Waals surface area (Å²) in [5, 5.41) is 3.83. The minimum Gasteiger partial charge on any atom is -0.436 e. The fourth-order valence-corrected chi connectivity index (χ4v) is 3.31. The lowest BCUT2D eigenvalue weighted by atomic mass is 10.1. The van der Waals surface area contributed by atoms with Crippen molar-refractivity contribution in [3.8, 4) is 11.3 Å². The minimum atomic E-state index is 0.567. The third-order valence-electron chi connectivity index (χ3n) is 4.54. The summed E-state index contributed by atoms with van der Waals surface area (Å²) >= 11 is 0. The monoisotopic (exact) mass is 338 g/mol. The van der Waals surface area contributed by atoms with Crippen molar-refractivity contribution in [2.45, 2.75) is 0 Å². The van der Waals surface area contributed by atoms with E-state index in [1.165, 1.54) is 0 Å². The molecule has 0 aliphatic heterocycles. The summed E-state index contributed by atoms with van der Waals surface area (Å²) in [5.41, 5.74) is 4.15. The smallest absolute Gasteiger partial charge is 0.230 e. The van der Waals surface area contributed by atoms with E-state index in [0.29, 0.717) is 17.1 Å². The first kappa shape index (κ1) is 13.5. The van der Waals surface area contributed by atoms with Gasteiger partial charge >= 0.3 is 0 Å². The van der Waals surface area contributed by atoms with Crippen molar-refractivity contribution in [3.63, 3.8) is 0 Å². The maximum Gasteiger partial charge on any atom is 0.230 e. The number of rotatable bonds is 1. The maximum absolute atomic E-state index is 5.79. The Morgan fingerprint density at radius 3 is 2.62 bits per heavy atom. The van der Waals surface area contributed by atoms with Gasteiger partial charge in [-0.15, -0.1) is 0 Å². The van der Waals surface area contributed by atoms with Gasteiger partial charge in [0.15, 0.2) is 5.58 Å². The molecule has 0 aliphatic rings. The SMILES string of the molecule is c1cnc2oc3nc(-c4cnc5oc6cnccc6c5c4)ccc3c2c1. The number of fused-ring (bicyclic) bond motifs is 6. The lowest BCUT2D eigenvalue weighted by molar-refractivity contribution is 0.640. The van der Waals surface area contributed by atoms with Crippen LogP contribution in [0.3, 0.4) is 0 Å². The highest BCUT2D eigenvalue weighted by Crippen LogP contribution is 2.32. The van der Waals surface area contributed by atoms with Crippen LogP contribution in [0.25, 0.3) is 55.5 Å². The topological polar surface area (TPSA) is 77.8 Å². The Hall–Kier alpha value is -3.80. The molecular weight excluding hydrogens is 328 g/mol. The molecule has 6 nitrogen and oxygen atoms in total. The van der Waals surface area contributed by atoms with Crippen molar-refractivity contribution in [1.29, 1.82) is 0 Å². The largest absolute Gasteiger partial charge is 0.436 e. The average Bonchev–Trinajstić information content (AvgIpc) is 3.25. The first-order valence-corrected chi connectivity index (χ1v) is 8.14. The van der Waals surface area contributed by atoms with Gasteiger partial charge in [-0.05, 0) is 36.4 Å². The molecule has 0 bridgehead atoms. The van der Waals surface area contributed by atoms with E-state index >= 15 is 0 Å². The molecule has 0 unspecified atom stereocenters.